The van der Waals surface area contributed by atoms with Crippen LogP contribution < -0.4 is 4.74 Å². The predicted octanol–water partition coefficient (Wildman–Crippen LogP) is 6.79. The van der Waals surface area contributed by atoms with Crippen molar-refractivity contribution in [3.63, 3.8) is 0 Å². The van der Waals surface area contributed by atoms with Gasteiger partial charge in [-0.2, -0.15) is 0 Å². The predicted molar refractivity (Wildman–Crippen MR) is 133 cm³/mol. The summed E-state index contributed by atoms with van der Waals surface area (Å²) >= 11 is 0.900. The van der Waals surface area contributed by atoms with Crippen LogP contribution in [0.15, 0.2) is 95.9 Å². The molecule has 1 aliphatic heterocycles. The first-order valence-corrected chi connectivity index (χ1v) is 11.6. The topological polar surface area (TPSA) is 46.6 Å². The van der Waals surface area contributed by atoms with Crippen LogP contribution in [0.5, 0.6) is 5.75 Å². The lowest BCUT2D eigenvalue weighted by Crippen LogP contribution is -2.27. The zero-order valence-electron chi connectivity index (χ0n) is 18.1. The number of benzene rings is 4. The van der Waals surface area contributed by atoms with Crippen molar-refractivity contribution in [2.75, 3.05) is 0 Å². The Kier molecular flexibility index (Phi) is 6.14. The van der Waals surface area contributed by atoms with Crippen LogP contribution >= 0.6 is 11.8 Å². The summed E-state index contributed by atoms with van der Waals surface area (Å²) in [7, 11) is 0. The maximum absolute atomic E-state index is 13.2. The molecule has 4 nitrogen and oxygen atoms in total. The van der Waals surface area contributed by atoms with Gasteiger partial charge in [0.15, 0.2) is 0 Å². The highest BCUT2D eigenvalue weighted by molar-refractivity contribution is 8.18. The summed E-state index contributed by atoms with van der Waals surface area (Å²) in [6, 6.07) is 27.3. The van der Waals surface area contributed by atoms with Crippen LogP contribution in [0, 0.1) is 5.82 Å². The van der Waals surface area contributed by atoms with E-state index in [4.69, 9.17) is 4.74 Å². The van der Waals surface area contributed by atoms with E-state index in [0.29, 0.717) is 22.8 Å². The molecule has 34 heavy (non-hydrogen) atoms. The van der Waals surface area contributed by atoms with Gasteiger partial charge in [0, 0.05) is 5.56 Å². The molecular formula is C28H20FNO3S. The lowest BCUT2D eigenvalue weighted by atomic mass is 10.0. The molecule has 0 radical (unpaired) electrons. The highest BCUT2D eigenvalue weighted by Gasteiger charge is 2.35. The first-order chi connectivity index (χ1) is 16.6. The van der Waals surface area contributed by atoms with Gasteiger partial charge in [-0.3, -0.25) is 14.5 Å². The first kappa shape index (κ1) is 21.9. The van der Waals surface area contributed by atoms with Gasteiger partial charge in [-0.25, -0.2) is 4.39 Å². The molecule has 0 N–H and O–H groups in total. The minimum absolute atomic E-state index is 0.0924. The van der Waals surface area contributed by atoms with Gasteiger partial charge in [0.05, 0.1) is 11.4 Å². The van der Waals surface area contributed by atoms with Gasteiger partial charge in [0.2, 0.25) is 0 Å². The number of fused-ring (bicyclic) bond motifs is 1. The molecule has 1 heterocycles. The summed E-state index contributed by atoms with van der Waals surface area (Å²) in [6.07, 6.45) is 1.73. The van der Waals surface area contributed by atoms with Crippen molar-refractivity contribution < 1.29 is 18.7 Å². The van der Waals surface area contributed by atoms with E-state index >= 15 is 0 Å². The highest BCUT2D eigenvalue weighted by atomic mass is 32.2. The van der Waals surface area contributed by atoms with E-state index < -0.39 is 0 Å². The maximum atomic E-state index is 13.2. The van der Waals surface area contributed by atoms with E-state index in [-0.39, 0.29) is 23.5 Å². The zero-order chi connectivity index (χ0) is 23.5. The van der Waals surface area contributed by atoms with Crippen LogP contribution in [0.4, 0.5) is 9.18 Å². The van der Waals surface area contributed by atoms with Crippen LogP contribution in [0.25, 0.3) is 16.8 Å². The van der Waals surface area contributed by atoms with Crippen LogP contribution in [0.2, 0.25) is 0 Å². The Bertz CT molecular complexity index is 1400. The van der Waals surface area contributed by atoms with Gasteiger partial charge in [-0.1, -0.05) is 72.8 Å². The Balaban J connectivity index is 1.47. The monoisotopic (exact) mass is 469 g/mol. The molecule has 0 aliphatic carbocycles. The first-order valence-electron chi connectivity index (χ1n) is 10.8. The number of carbonyl (C=O) groups is 2. The number of imide groups is 1. The number of ether oxygens (including phenoxy) is 1. The highest BCUT2D eigenvalue weighted by Crippen LogP contribution is 2.37. The van der Waals surface area contributed by atoms with E-state index in [0.717, 1.165) is 33.7 Å². The SMILES string of the molecule is O=C1S/C(=C\c2c(OCc3ccccc3)ccc3ccccc23)C(=O)N1Cc1ccc(F)cc1. The van der Waals surface area contributed by atoms with E-state index in [1.807, 2.05) is 66.7 Å². The summed E-state index contributed by atoms with van der Waals surface area (Å²) in [5.74, 6) is -0.106. The fraction of sp³-hybridized carbons (Fsp3) is 0.0714. The minimum Gasteiger partial charge on any atom is -0.488 e. The van der Waals surface area contributed by atoms with Crippen molar-refractivity contribution in [2.45, 2.75) is 13.2 Å². The number of rotatable bonds is 6. The Morgan fingerprint density at radius 1 is 0.824 bits per heavy atom. The van der Waals surface area contributed by atoms with Crippen LogP contribution in [0.1, 0.15) is 16.7 Å². The Morgan fingerprint density at radius 3 is 2.35 bits per heavy atom. The van der Waals surface area contributed by atoms with Gasteiger partial charge >= 0.3 is 0 Å². The normalized spacial score (nSPS) is 14.9. The quantitative estimate of drug-likeness (QED) is 0.292. The molecule has 4 aromatic rings. The molecule has 5 rings (SSSR count). The van der Waals surface area contributed by atoms with Crippen molar-refractivity contribution in [3.05, 3.63) is 118 Å². The number of hydrogen-bond acceptors (Lipinski definition) is 4. The average molecular weight is 470 g/mol. The largest absolute Gasteiger partial charge is 0.488 e. The molecule has 1 aliphatic rings. The van der Waals surface area contributed by atoms with E-state index in [2.05, 4.69) is 0 Å². The van der Waals surface area contributed by atoms with Gasteiger partial charge in [0.25, 0.3) is 11.1 Å². The van der Waals surface area contributed by atoms with E-state index in [1.54, 1.807) is 18.2 Å². The fourth-order valence-corrected chi connectivity index (χ4v) is 4.65. The molecule has 1 saturated heterocycles. The standard InChI is InChI=1S/C28H20FNO3S/c29-22-13-10-19(11-14-22)17-30-27(31)26(34-28(30)32)16-24-23-9-5-4-8-21(23)12-15-25(24)33-18-20-6-2-1-3-7-20/h1-16H,17-18H2/b26-16-. The average Bonchev–Trinajstić information content (AvgIpc) is 3.12. The van der Waals surface area contributed by atoms with Crippen molar-refractivity contribution >= 4 is 39.8 Å². The van der Waals surface area contributed by atoms with Crippen molar-refractivity contribution in [1.29, 1.82) is 0 Å². The van der Waals surface area contributed by atoms with Crippen molar-refractivity contribution in [1.82, 2.24) is 4.90 Å². The number of halogens is 1. The number of amides is 2. The van der Waals surface area contributed by atoms with Crippen LogP contribution in [0.3, 0.4) is 0 Å². The van der Waals surface area contributed by atoms with Crippen LogP contribution in [-0.2, 0) is 17.9 Å². The second-order valence-corrected chi connectivity index (χ2v) is 8.86. The number of thioether (sulfide) groups is 1. The van der Waals surface area contributed by atoms with Crippen LogP contribution in [-0.4, -0.2) is 16.0 Å². The minimum atomic E-state index is -0.374. The molecule has 0 bridgehead atoms. The van der Waals surface area contributed by atoms with Crippen molar-refractivity contribution in [2.24, 2.45) is 0 Å². The third-order valence-electron chi connectivity index (χ3n) is 5.57. The summed E-state index contributed by atoms with van der Waals surface area (Å²) in [6.45, 7) is 0.473. The summed E-state index contributed by atoms with van der Waals surface area (Å²) in [5, 5.41) is 1.58. The van der Waals surface area contributed by atoms with Gasteiger partial charge in [-0.05, 0) is 57.9 Å². The molecule has 0 unspecified atom stereocenters. The Labute approximate surface area is 200 Å². The molecule has 1 fully saturated rings. The maximum Gasteiger partial charge on any atom is 0.293 e. The Hall–Kier alpha value is -3.90. The summed E-state index contributed by atoms with van der Waals surface area (Å²) in [5.41, 5.74) is 2.46. The third-order valence-corrected chi connectivity index (χ3v) is 6.48. The third kappa shape index (κ3) is 4.58. The molecule has 0 atom stereocenters. The molecule has 4 aromatic carbocycles. The molecule has 0 spiro atoms. The molecular weight excluding hydrogens is 449 g/mol. The van der Waals surface area contributed by atoms with Gasteiger partial charge in [-0.15, -0.1) is 0 Å². The summed E-state index contributed by atoms with van der Waals surface area (Å²) in [4.78, 5) is 27.3. The lowest BCUT2D eigenvalue weighted by Gasteiger charge is -2.13. The smallest absolute Gasteiger partial charge is 0.293 e. The number of carbonyl (C=O) groups excluding carboxylic acids is 2. The molecule has 168 valence electrons. The molecule has 2 amide bonds. The summed E-state index contributed by atoms with van der Waals surface area (Å²) < 4.78 is 19.4. The second kappa shape index (κ2) is 9.53. The molecule has 6 heteroatoms. The lowest BCUT2D eigenvalue weighted by molar-refractivity contribution is -0.123. The van der Waals surface area contributed by atoms with E-state index in [1.165, 1.54) is 17.0 Å². The zero-order valence-corrected chi connectivity index (χ0v) is 18.9. The Morgan fingerprint density at radius 2 is 1.56 bits per heavy atom. The van der Waals surface area contributed by atoms with E-state index in [9.17, 15) is 14.0 Å². The van der Waals surface area contributed by atoms with Crippen molar-refractivity contribution in [3.8, 4) is 5.75 Å². The second-order valence-electron chi connectivity index (χ2n) is 7.87. The van der Waals surface area contributed by atoms with Gasteiger partial charge < -0.3 is 4.74 Å². The molecule has 0 aromatic heterocycles. The van der Waals surface area contributed by atoms with Gasteiger partial charge in [0.1, 0.15) is 18.2 Å². The number of hydrogen-bond donors (Lipinski definition) is 0. The molecule has 0 saturated carbocycles. The number of nitrogens with zero attached hydrogens (tertiary/aromatic N) is 1. The fourth-order valence-electron chi connectivity index (χ4n) is 3.83.